The molecule has 1 saturated carbocycles. The number of amides is 2. The molecule has 2 amide bonds. The monoisotopic (exact) mass is 238 g/mol. The molecule has 4 heteroatoms. The minimum atomic E-state index is 0.0705. The van der Waals surface area contributed by atoms with Crippen molar-refractivity contribution in [1.29, 1.82) is 0 Å². The first-order chi connectivity index (χ1) is 8.27. The van der Waals surface area contributed by atoms with Crippen LogP contribution >= 0.6 is 0 Å². The van der Waals surface area contributed by atoms with Crippen molar-refractivity contribution in [3.8, 4) is 0 Å². The lowest BCUT2D eigenvalue weighted by Gasteiger charge is -2.24. The number of carbonyl (C=O) groups is 2. The molecule has 1 heterocycles. The maximum absolute atomic E-state index is 12.4. The first-order valence-corrected chi connectivity index (χ1v) is 6.83. The van der Waals surface area contributed by atoms with Crippen LogP contribution in [-0.4, -0.2) is 36.3 Å². The van der Waals surface area contributed by atoms with Crippen LogP contribution < -0.4 is 5.32 Å². The highest BCUT2D eigenvalue weighted by Crippen LogP contribution is 2.24. The van der Waals surface area contributed by atoms with Crippen molar-refractivity contribution in [3.05, 3.63) is 0 Å². The van der Waals surface area contributed by atoms with Crippen LogP contribution in [-0.2, 0) is 9.59 Å². The summed E-state index contributed by atoms with van der Waals surface area (Å²) in [7, 11) is 0. The Kier molecular flexibility index (Phi) is 4.40. The zero-order chi connectivity index (χ0) is 12.1. The summed E-state index contributed by atoms with van der Waals surface area (Å²) in [4.78, 5) is 25.5. The number of nitrogens with zero attached hydrogens (tertiary/aromatic N) is 1. The molecule has 2 rings (SSSR count). The van der Waals surface area contributed by atoms with Crippen molar-refractivity contribution >= 4 is 11.8 Å². The molecule has 0 radical (unpaired) electrons. The lowest BCUT2D eigenvalue weighted by Crippen LogP contribution is -2.38. The number of hydrogen-bond acceptors (Lipinski definition) is 2. The van der Waals surface area contributed by atoms with Crippen molar-refractivity contribution in [3.63, 3.8) is 0 Å². The average Bonchev–Trinajstić information content (AvgIpc) is 2.70. The molecule has 0 unspecified atom stereocenters. The van der Waals surface area contributed by atoms with Crippen molar-refractivity contribution in [2.45, 2.75) is 44.9 Å². The number of hydrogen-bond donors (Lipinski definition) is 1. The second kappa shape index (κ2) is 6.03. The van der Waals surface area contributed by atoms with Gasteiger partial charge in [-0.1, -0.05) is 25.7 Å². The molecule has 1 saturated heterocycles. The van der Waals surface area contributed by atoms with Gasteiger partial charge in [-0.15, -0.1) is 0 Å². The van der Waals surface area contributed by atoms with Crippen molar-refractivity contribution in [2.75, 3.05) is 19.6 Å². The third-order valence-corrected chi connectivity index (χ3v) is 3.83. The smallest absolute Gasteiger partial charge is 0.225 e. The molecule has 0 bridgehead atoms. The first kappa shape index (κ1) is 12.4. The molecule has 2 aliphatic rings. The van der Waals surface area contributed by atoms with Gasteiger partial charge in [0.05, 0.1) is 0 Å². The van der Waals surface area contributed by atoms with E-state index in [9.17, 15) is 9.59 Å². The van der Waals surface area contributed by atoms with E-state index in [1.165, 1.54) is 25.7 Å². The summed E-state index contributed by atoms with van der Waals surface area (Å²) in [6.45, 7) is 1.89. The Labute approximate surface area is 103 Å². The highest BCUT2D eigenvalue weighted by atomic mass is 16.2. The largest absolute Gasteiger partial charge is 0.354 e. The summed E-state index contributed by atoms with van der Waals surface area (Å²) < 4.78 is 0. The lowest BCUT2D eigenvalue weighted by molar-refractivity contribution is -0.135. The van der Waals surface area contributed by atoms with Crippen LogP contribution in [0.2, 0.25) is 0 Å². The molecule has 1 aliphatic carbocycles. The second-order valence-corrected chi connectivity index (χ2v) is 5.11. The Bertz CT molecular complexity index is 283. The fourth-order valence-electron chi connectivity index (χ4n) is 2.77. The standard InChI is InChI=1S/C13H22N2O2/c16-12-7-9-15(10-8-14-12)13(17)11-5-3-1-2-4-6-11/h11H,1-10H2,(H,14,16). The highest BCUT2D eigenvalue weighted by Gasteiger charge is 2.26. The molecule has 0 spiro atoms. The van der Waals surface area contributed by atoms with Crippen LogP contribution in [0.25, 0.3) is 0 Å². The van der Waals surface area contributed by atoms with Gasteiger partial charge in [0.1, 0.15) is 0 Å². The van der Waals surface area contributed by atoms with Gasteiger partial charge < -0.3 is 10.2 Å². The molecule has 0 atom stereocenters. The molecule has 0 aromatic heterocycles. The van der Waals surface area contributed by atoms with Crippen molar-refractivity contribution < 1.29 is 9.59 Å². The summed E-state index contributed by atoms with van der Waals surface area (Å²) in [5.74, 6) is 0.565. The molecule has 0 aromatic rings. The zero-order valence-corrected chi connectivity index (χ0v) is 10.4. The van der Waals surface area contributed by atoms with E-state index < -0.39 is 0 Å². The van der Waals surface area contributed by atoms with Gasteiger partial charge in [-0.25, -0.2) is 0 Å². The molecule has 4 nitrogen and oxygen atoms in total. The van der Waals surface area contributed by atoms with Gasteiger partial charge in [-0.05, 0) is 12.8 Å². The van der Waals surface area contributed by atoms with Crippen LogP contribution in [0.1, 0.15) is 44.9 Å². The SMILES string of the molecule is O=C1CCN(C(=O)C2CCCCCC2)CCN1. The maximum atomic E-state index is 12.4. The summed E-state index contributed by atoms with van der Waals surface area (Å²) in [6.07, 6.45) is 7.43. The first-order valence-electron chi connectivity index (χ1n) is 6.83. The van der Waals surface area contributed by atoms with Crippen LogP contribution in [0.5, 0.6) is 0 Å². The Morgan fingerprint density at radius 3 is 2.53 bits per heavy atom. The van der Waals surface area contributed by atoms with Gasteiger partial charge in [-0.2, -0.15) is 0 Å². The van der Waals surface area contributed by atoms with Gasteiger partial charge in [-0.3, -0.25) is 9.59 Å². The molecular weight excluding hydrogens is 216 g/mol. The Morgan fingerprint density at radius 2 is 1.82 bits per heavy atom. The van der Waals surface area contributed by atoms with E-state index in [1.807, 2.05) is 4.90 Å². The number of nitrogens with one attached hydrogen (secondary N) is 1. The molecule has 2 fully saturated rings. The minimum Gasteiger partial charge on any atom is -0.354 e. The fourth-order valence-corrected chi connectivity index (χ4v) is 2.77. The van der Waals surface area contributed by atoms with E-state index in [0.29, 0.717) is 26.1 Å². The Hall–Kier alpha value is -1.06. The molecule has 17 heavy (non-hydrogen) atoms. The molecule has 96 valence electrons. The summed E-state index contributed by atoms with van der Waals surface area (Å²) in [5.41, 5.74) is 0. The van der Waals surface area contributed by atoms with Gasteiger partial charge in [0.2, 0.25) is 11.8 Å². The highest BCUT2D eigenvalue weighted by molar-refractivity contribution is 5.81. The van der Waals surface area contributed by atoms with Gasteiger partial charge in [0.15, 0.2) is 0 Å². The molecule has 1 aliphatic heterocycles. The Morgan fingerprint density at radius 1 is 1.12 bits per heavy atom. The summed E-state index contributed by atoms with van der Waals surface area (Å²) in [5, 5.41) is 2.81. The lowest BCUT2D eigenvalue weighted by atomic mass is 9.98. The second-order valence-electron chi connectivity index (χ2n) is 5.11. The van der Waals surface area contributed by atoms with Crippen LogP contribution in [0, 0.1) is 5.92 Å². The van der Waals surface area contributed by atoms with Gasteiger partial charge >= 0.3 is 0 Å². The van der Waals surface area contributed by atoms with Crippen LogP contribution in [0.15, 0.2) is 0 Å². The van der Waals surface area contributed by atoms with E-state index in [4.69, 9.17) is 0 Å². The fraction of sp³-hybridized carbons (Fsp3) is 0.846. The Balaban J connectivity index is 1.90. The third-order valence-electron chi connectivity index (χ3n) is 3.83. The molecule has 1 N–H and O–H groups in total. The quantitative estimate of drug-likeness (QED) is 0.700. The average molecular weight is 238 g/mol. The van der Waals surface area contributed by atoms with Gasteiger partial charge in [0, 0.05) is 32.0 Å². The third kappa shape index (κ3) is 3.45. The number of carbonyl (C=O) groups excluding carboxylic acids is 2. The maximum Gasteiger partial charge on any atom is 0.225 e. The van der Waals surface area contributed by atoms with Gasteiger partial charge in [0.25, 0.3) is 0 Å². The van der Waals surface area contributed by atoms with E-state index in [-0.39, 0.29) is 17.7 Å². The summed E-state index contributed by atoms with van der Waals surface area (Å²) in [6, 6.07) is 0. The molecule has 0 aromatic carbocycles. The van der Waals surface area contributed by atoms with E-state index >= 15 is 0 Å². The van der Waals surface area contributed by atoms with Crippen LogP contribution in [0.4, 0.5) is 0 Å². The minimum absolute atomic E-state index is 0.0705. The predicted octanol–water partition coefficient (Wildman–Crippen LogP) is 1.31. The normalized spacial score (nSPS) is 23.8. The van der Waals surface area contributed by atoms with E-state index in [0.717, 1.165) is 12.8 Å². The summed E-state index contributed by atoms with van der Waals surface area (Å²) >= 11 is 0. The predicted molar refractivity (Wildman–Crippen MR) is 65.4 cm³/mol. The van der Waals surface area contributed by atoms with E-state index in [1.54, 1.807) is 0 Å². The van der Waals surface area contributed by atoms with Crippen LogP contribution in [0.3, 0.4) is 0 Å². The van der Waals surface area contributed by atoms with Crippen molar-refractivity contribution in [1.82, 2.24) is 10.2 Å². The van der Waals surface area contributed by atoms with Crippen molar-refractivity contribution in [2.24, 2.45) is 5.92 Å². The number of rotatable bonds is 1. The van der Waals surface area contributed by atoms with E-state index in [2.05, 4.69) is 5.32 Å². The zero-order valence-electron chi connectivity index (χ0n) is 10.4. The topological polar surface area (TPSA) is 49.4 Å². The molecular formula is C13H22N2O2.